The molecule has 1 aromatic rings. The highest BCUT2D eigenvalue weighted by atomic mass is 16.5. The van der Waals surface area contributed by atoms with Gasteiger partial charge in [0.1, 0.15) is 0 Å². The van der Waals surface area contributed by atoms with E-state index in [0.29, 0.717) is 12.1 Å². The van der Waals surface area contributed by atoms with Crippen molar-refractivity contribution in [1.29, 1.82) is 0 Å². The maximum absolute atomic E-state index is 13.6. The normalized spacial score (nSPS) is 27.0. The Balaban J connectivity index is 1.74. The third kappa shape index (κ3) is 3.58. The zero-order chi connectivity index (χ0) is 20.4. The highest BCUT2D eigenvalue weighted by molar-refractivity contribution is 6.02. The molecule has 29 heavy (non-hydrogen) atoms. The zero-order valence-corrected chi connectivity index (χ0v) is 17.8. The van der Waals surface area contributed by atoms with Gasteiger partial charge in [-0.1, -0.05) is 44.4 Å². The van der Waals surface area contributed by atoms with Crippen LogP contribution in [0, 0.1) is 0 Å². The summed E-state index contributed by atoms with van der Waals surface area (Å²) in [7, 11) is 0. The fourth-order valence-electron chi connectivity index (χ4n) is 5.73. The lowest BCUT2D eigenvalue weighted by atomic mass is 9.64. The standard InChI is InChI=1S/C24H34N2O3/c1-3-17(2)26-23(28)20-12-6-5-11-19(20)21(24(26)13-7-4-8-14-24)22(27)25-16-18-10-9-15-29-18/h5-6,11-12,17-18,21H,3-4,7-10,13-16H2,1-2H3,(H,25,27)/t17-,18-,21+/m0/s1. The lowest BCUT2D eigenvalue weighted by molar-refractivity contribution is -0.128. The van der Waals surface area contributed by atoms with Gasteiger partial charge in [0.2, 0.25) is 5.91 Å². The van der Waals surface area contributed by atoms with Gasteiger partial charge in [0.25, 0.3) is 5.91 Å². The number of hydrogen-bond acceptors (Lipinski definition) is 3. The van der Waals surface area contributed by atoms with Crippen molar-refractivity contribution >= 4 is 11.8 Å². The van der Waals surface area contributed by atoms with Crippen molar-refractivity contribution in [3.05, 3.63) is 35.4 Å². The predicted octanol–water partition coefficient (Wildman–Crippen LogP) is 4.02. The molecular formula is C24H34N2O3. The minimum absolute atomic E-state index is 0.0515. The highest BCUT2D eigenvalue weighted by Gasteiger charge is 2.55. The van der Waals surface area contributed by atoms with Crippen molar-refractivity contribution in [3.8, 4) is 0 Å². The van der Waals surface area contributed by atoms with Crippen LogP contribution in [0.4, 0.5) is 0 Å². The largest absolute Gasteiger partial charge is 0.376 e. The molecule has 2 aliphatic heterocycles. The van der Waals surface area contributed by atoms with E-state index in [0.717, 1.165) is 57.1 Å². The van der Waals surface area contributed by atoms with Gasteiger partial charge in [-0.15, -0.1) is 0 Å². The van der Waals surface area contributed by atoms with Crippen LogP contribution in [0.25, 0.3) is 0 Å². The Labute approximate surface area is 174 Å². The Morgan fingerprint density at radius 2 is 2.00 bits per heavy atom. The van der Waals surface area contributed by atoms with E-state index in [1.807, 2.05) is 24.3 Å². The maximum atomic E-state index is 13.6. The van der Waals surface area contributed by atoms with Gasteiger partial charge in [0, 0.05) is 24.8 Å². The first-order valence-electron chi connectivity index (χ1n) is 11.4. The van der Waals surface area contributed by atoms with Crippen LogP contribution >= 0.6 is 0 Å². The SMILES string of the molecule is CC[C@H](C)N1C(=O)c2ccccc2[C@H](C(=O)NC[C@@H]2CCCO2)C12CCCCC2. The van der Waals surface area contributed by atoms with Crippen molar-refractivity contribution in [1.82, 2.24) is 10.2 Å². The van der Waals surface area contributed by atoms with Gasteiger partial charge in [-0.3, -0.25) is 9.59 Å². The van der Waals surface area contributed by atoms with Crippen LogP contribution in [0.5, 0.6) is 0 Å². The number of nitrogens with zero attached hydrogens (tertiary/aromatic N) is 1. The van der Waals surface area contributed by atoms with Crippen LogP contribution in [-0.2, 0) is 9.53 Å². The van der Waals surface area contributed by atoms with Crippen molar-refractivity contribution in [2.75, 3.05) is 13.2 Å². The molecule has 2 heterocycles. The number of rotatable bonds is 5. The summed E-state index contributed by atoms with van der Waals surface area (Å²) in [6, 6.07) is 7.87. The van der Waals surface area contributed by atoms with Crippen molar-refractivity contribution in [3.63, 3.8) is 0 Å². The Morgan fingerprint density at radius 1 is 1.24 bits per heavy atom. The molecule has 5 nitrogen and oxygen atoms in total. The molecule has 2 fully saturated rings. The van der Waals surface area contributed by atoms with E-state index in [1.165, 1.54) is 6.42 Å². The Kier molecular flexibility index (Phi) is 5.95. The molecule has 0 bridgehead atoms. The van der Waals surface area contributed by atoms with Gasteiger partial charge in [0.15, 0.2) is 0 Å². The number of fused-ring (bicyclic) bond motifs is 1. The molecule has 158 valence electrons. The summed E-state index contributed by atoms with van der Waals surface area (Å²) in [5, 5.41) is 3.20. The number of hydrogen-bond donors (Lipinski definition) is 1. The van der Waals surface area contributed by atoms with E-state index in [-0.39, 0.29) is 29.9 Å². The summed E-state index contributed by atoms with van der Waals surface area (Å²) < 4.78 is 5.71. The van der Waals surface area contributed by atoms with E-state index in [9.17, 15) is 9.59 Å². The fourth-order valence-corrected chi connectivity index (χ4v) is 5.73. The van der Waals surface area contributed by atoms with Gasteiger partial charge in [0.05, 0.1) is 17.6 Å². The first-order chi connectivity index (χ1) is 14.1. The molecule has 0 radical (unpaired) electrons. The van der Waals surface area contributed by atoms with Crippen molar-refractivity contribution in [2.24, 2.45) is 0 Å². The van der Waals surface area contributed by atoms with Crippen molar-refractivity contribution in [2.45, 2.75) is 88.8 Å². The second-order valence-electron chi connectivity index (χ2n) is 9.00. The summed E-state index contributed by atoms with van der Waals surface area (Å²) in [6.07, 6.45) is 8.18. The van der Waals surface area contributed by atoms with Crippen LogP contribution in [-0.4, -0.2) is 47.6 Å². The summed E-state index contributed by atoms with van der Waals surface area (Å²) in [4.78, 5) is 29.3. The quantitative estimate of drug-likeness (QED) is 0.815. The Bertz CT molecular complexity index is 750. The molecule has 3 aliphatic rings. The van der Waals surface area contributed by atoms with E-state index < -0.39 is 5.54 Å². The molecule has 2 amide bonds. The first-order valence-corrected chi connectivity index (χ1v) is 11.4. The molecule has 1 N–H and O–H groups in total. The molecule has 1 aromatic carbocycles. The molecule has 4 rings (SSSR count). The molecule has 1 spiro atoms. The molecule has 0 unspecified atom stereocenters. The Morgan fingerprint density at radius 3 is 2.69 bits per heavy atom. The average molecular weight is 399 g/mol. The monoisotopic (exact) mass is 398 g/mol. The van der Waals surface area contributed by atoms with Gasteiger partial charge in [-0.2, -0.15) is 0 Å². The van der Waals surface area contributed by atoms with Crippen LogP contribution in [0.15, 0.2) is 24.3 Å². The average Bonchev–Trinajstić information content (AvgIpc) is 3.26. The molecule has 3 atom stereocenters. The number of carbonyl (C=O) groups is 2. The van der Waals surface area contributed by atoms with Crippen LogP contribution in [0.2, 0.25) is 0 Å². The Hall–Kier alpha value is -1.88. The summed E-state index contributed by atoms with van der Waals surface area (Å²) >= 11 is 0. The third-order valence-corrected chi connectivity index (χ3v) is 7.28. The number of benzene rings is 1. The van der Waals surface area contributed by atoms with Gasteiger partial charge >= 0.3 is 0 Å². The number of ether oxygens (including phenoxy) is 1. The smallest absolute Gasteiger partial charge is 0.254 e. The van der Waals surface area contributed by atoms with E-state index >= 15 is 0 Å². The second kappa shape index (κ2) is 8.47. The minimum Gasteiger partial charge on any atom is -0.376 e. The molecule has 1 saturated heterocycles. The van der Waals surface area contributed by atoms with Crippen LogP contribution in [0.1, 0.15) is 87.1 Å². The lowest BCUT2D eigenvalue weighted by Gasteiger charge is -2.55. The van der Waals surface area contributed by atoms with Crippen LogP contribution < -0.4 is 5.32 Å². The number of carbonyl (C=O) groups excluding carboxylic acids is 2. The molecule has 1 saturated carbocycles. The molecule has 0 aromatic heterocycles. The van der Waals surface area contributed by atoms with Gasteiger partial charge in [-0.05, 0) is 50.7 Å². The van der Waals surface area contributed by atoms with Crippen LogP contribution in [0.3, 0.4) is 0 Å². The first kappa shape index (κ1) is 20.4. The number of nitrogens with one attached hydrogen (secondary N) is 1. The minimum atomic E-state index is -0.417. The summed E-state index contributed by atoms with van der Waals surface area (Å²) in [6.45, 7) is 5.60. The topological polar surface area (TPSA) is 58.6 Å². The summed E-state index contributed by atoms with van der Waals surface area (Å²) in [5.74, 6) is -0.164. The van der Waals surface area contributed by atoms with Gasteiger partial charge < -0.3 is 15.0 Å². The molecule has 5 heteroatoms. The van der Waals surface area contributed by atoms with Gasteiger partial charge in [-0.25, -0.2) is 0 Å². The fraction of sp³-hybridized carbons (Fsp3) is 0.667. The molecule has 1 aliphatic carbocycles. The zero-order valence-electron chi connectivity index (χ0n) is 17.8. The number of amides is 2. The van der Waals surface area contributed by atoms with E-state index in [2.05, 4.69) is 24.1 Å². The maximum Gasteiger partial charge on any atom is 0.254 e. The predicted molar refractivity (Wildman–Crippen MR) is 113 cm³/mol. The lowest BCUT2D eigenvalue weighted by Crippen LogP contribution is -2.65. The van der Waals surface area contributed by atoms with Crippen molar-refractivity contribution < 1.29 is 14.3 Å². The van der Waals surface area contributed by atoms with E-state index in [1.54, 1.807) is 0 Å². The highest BCUT2D eigenvalue weighted by Crippen LogP contribution is 2.50. The third-order valence-electron chi connectivity index (χ3n) is 7.28. The summed E-state index contributed by atoms with van der Waals surface area (Å²) in [5.41, 5.74) is 1.18. The molecular weight excluding hydrogens is 364 g/mol. The second-order valence-corrected chi connectivity index (χ2v) is 9.00. The van der Waals surface area contributed by atoms with E-state index in [4.69, 9.17) is 4.74 Å².